The average molecular weight is 484 g/mol. The van der Waals surface area contributed by atoms with Crippen molar-refractivity contribution in [3.8, 4) is 11.4 Å². The highest BCUT2D eigenvalue weighted by molar-refractivity contribution is 14.0. The number of aromatic amines is 1. The lowest BCUT2D eigenvalue weighted by Gasteiger charge is -2.18. The molecule has 0 aliphatic carbocycles. The molecule has 1 unspecified atom stereocenters. The molecule has 0 saturated carbocycles. The summed E-state index contributed by atoms with van der Waals surface area (Å²) in [6.07, 6.45) is 5.19. The molecule has 0 amide bonds. The maximum atomic E-state index is 4.74. The minimum Gasteiger partial charge on any atom is -0.357 e. The number of hydrogen-bond acceptors (Lipinski definition) is 3. The summed E-state index contributed by atoms with van der Waals surface area (Å²) >= 11 is 0. The van der Waals surface area contributed by atoms with Gasteiger partial charge in [0.05, 0.1) is 6.54 Å². The molecule has 7 heteroatoms. The Morgan fingerprint density at radius 1 is 1.22 bits per heavy atom. The van der Waals surface area contributed by atoms with Crippen LogP contribution >= 0.6 is 24.0 Å². The molecule has 1 aromatic heterocycles. The quantitative estimate of drug-likeness (QED) is 0.281. The van der Waals surface area contributed by atoms with Crippen molar-refractivity contribution in [1.29, 1.82) is 0 Å². The first-order valence-electron chi connectivity index (χ1n) is 9.58. The Kier molecular flexibility index (Phi) is 11.0. The summed E-state index contributed by atoms with van der Waals surface area (Å²) in [7, 11) is 0. The van der Waals surface area contributed by atoms with Crippen molar-refractivity contribution < 1.29 is 0 Å². The predicted octanol–water partition coefficient (Wildman–Crippen LogP) is 4.36. The molecule has 1 aromatic carbocycles. The fourth-order valence-electron chi connectivity index (χ4n) is 2.79. The number of hydrogen-bond donors (Lipinski definition) is 3. The van der Waals surface area contributed by atoms with Gasteiger partial charge < -0.3 is 10.6 Å². The first-order chi connectivity index (χ1) is 12.6. The van der Waals surface area contributed by atoms with Crippen molar-refractivity contribution >= 4 is 29.9 Å². The molecule has 0 radical (unpaired) electrons. The zero-order chi connectivity index (χ0) is 18.8. The molecule has 0 bridgehead atoms. The number of H-pyrrole nitrogens is 1. The normalized spacial score (nSPS) is 12.6. The predicted molar refractivity (Wildman–Crippen MR) is 123 cm³/mol. The Hall–Kier alpha value is -1.64. The van der Waals surface area contributed by atoms with Crippen LogP contribution in [0.15, 0.2) is 35.6 Å². The molecule has 1 heterocycles. The second-order valence-corrected chi connectivity index (χ2v) is 7.10. The molecule has 6 nitrogen and oxygen atoms in total. The summed E-state index contributed by atoms with van der Waals surface area (Å²) in [4.78, 5) is 8.94. The number of aromatic nitrogens is 3. The van der Waals surface area contributed by atoms with Crippen molar-refractivity contribution in [3.63, 3.8) is 0 Å². The van der Waals surface area contributed by atoms with E-state index in [0.717, 1.165) is 41.8 Å². The molecular weight excluding hydrogens is 451 g/mol. The Morgan fingerprint density at radius 2 is 2.04 bits per heavy atom. The molecule has 3 N–H and O–H groups in total. The van der Waals surface area contributed by atoms with Crippen LogP contribution in [-0.2, 0) is 6.54 Å². The highest BCUT2D eigenvalue weighted by Gasteiger charge is 2.06. The lowest BCUT2D eigenvalue weighted by molar-refractivity contribution is 0.491. The fourth-order valence-corrected chi connectivity index (χ4v) is 2.79. The van der Waals surface area contributed by atoms with Gasteiger partial charge in [0.1, 0.15) is 6.33 Å². The Morgan fingerprint density at radius 3 is 2.70 bits per heavy atom. The Balaban J connectivity index is 0.00000364. The first-order valence-corrected chi connectivity index (χ1v) is 9.58. The molecule has 2 aromatic rings. The van der Waals surface area contributed by atoms with Crippen molar-refractivity contribution in [2.45, 2.75) is 59.5 Å². The molecule has 2 rings (SSSR count). The van der Waals surface area contributed by atoms with Crippen LogP contribution in [0.5, 0.6) is 0 Å². The van der Waals surface area contributed by atoms with E-state index in [-0.39, 0.29) is 24.0 Å². The Labute approximate surface area is 180 Å². The monoisotopic (exact) mass is 484 g/mol. The minimum atomic E-state index is 0. The third-order valence-corrected chi connectivity index (χ3v) is 4.18. The second-order valence-electron chi connectivity index (χ2n) is 7.10. The van der Waals surface area contributed by atoms with Gasteiger partial charge in [-0.3, -0.25) is 5.10 Å². The van der Waals surface area contributed by atoms with Gasteiger partial charge in [-0.05, 0) is 37.8 Å². The number of halogens is 1. The number of rotatable bonds is 9. The summed E-state index contributed by atoms with van der Waals surface area (Å²) in [5.41, 5.74) is 2.17. The largest absolute Gasteiger partial charge is 0.357 e. The van der Waals surface area contributed by atoms with Gasteiger partial charge in [-0.15, -0.1) is 24.0 Å². The van der Waals surface area contributed by atoms with E-state index >= 15 is 0 Å². The molecule has 0 fully saturated rings. The van der Waals surface area contributed by atoms with Crippen LogP contribution in [0.4, 0.5) is 0 Å². The van der Waals surface area contributed by atoms with Crippen molar-refractivity contribution in [2.75, 3.05) is 6.54 Å². The molecular formula is C20H33IN6. The maximum absolute atomic E-state index is 4.74. The first kappa shape index (κ1) is 23.4. The number of nitrogens with zero attached hydrogens (tertiary/aromatic N) is 3. The van der Waals surface area contributed by atoms with E-state index in [2.05, 4.69) is 65.6 Å². The topological polar surface area (TPSA) is 78.0 Å². The van der Waals surface area contributed by atoms with Crippen LogP contribution in [0, 0.1) is 5.92 Å². The van der Waals surface area contributed by atoms with Crippen LogP contribution in [0.3, 0.4) is 0 Å². The number of nitrogens with one attached hydrogen (secondary N) is 3. The van der Waals surface area contributed by atoms with Crippen molar-refractivity contribution in [1.82, 2.24) is 25.8 Å². The van der Waals surface area contributed by atoms with Gasteiger partial charge in [0, 0.05) is 18.2 Å². The van der Waals surface area contributed by atoms with E-state index in [1.54, 1.807) is 0 Å². The Bertz CT molecular complexity index is 669. The van der Waals surface area contributed by atoms with Crippen LogP contribution in [0.2, 0.25) is 0 Å². The number of aliphatic imine (C=N–C) groups is 1. The molecule has 150 valence electrons. The van der Waals surface area contributed by atoms with Crippen molar-refractivity contribution in [2.24, 2.45) is 10.9 Å². The zero-order valence-corrected chi connectivity index (χ0v) is 19.2. The third-order valence-electron chi connectivity index (χ3n) is 4.18. The minimum absolute atomic E-state index is 0. The van der Waals surface area contributed by atoms with Crippen LogP contribution in [0.1, 0.15) is 52.5 Å². The highest BCUT2D eigenvalue weighted by Crippen LogP contribution is 2.16. The number of guanidine groups is 1. The third kappa shape index (κ3) is 8.73. The van der Waals surface area contributed by atoms with Gasteiger partial charge in [0.2, 0.25) is 0 Å². The van der Waals surface area contributed by atoms with Crippen molar-refractivity contribution in [3.05, 3.63) is 36.2 Å². The average Bonchev–Trinajstić information content (AvgIpc) is 3.14. The van der Waals surface area contributed by atoms with Gasteiger partial charge in [-0.2, -0.15) is 5.10 Å². The van der Waals surface area contributed by atoms with Gasteiger partial charge in [-0.25, -0.2) is 9.98 Å². The summed E-state index contributed by atoms with van der Waals surface area (Å²) in [6, 6.07) is 8.64. The highest BCUT2D eigenvalue weighted by atomic mass is 127. The molecule has 1 atom stereocenters. The number of benzene rings is 1. The second kappa shape index (κ2) is 12.7. The van der Waals surface area contributed by atoms with Crippen LogP contribution in [0.25, 0.3) is 11.4 Å². The summed E-state index contributed by atoms with van der Waals surface area (Å²) in [5, 5.41) is 13.7. The zero-order valence-electron chi connectivity index (χ0n) is 16.8. The van der Waals surface area contributed by atoms with Gasteiger partial charge in [0.25, 0.3) is 0 Å². The molecule has 0 saturated heterocycles. The molecule has 0 aliphatic rings. The lowest BCUT2D eigenvalue weighted by Crippen LogP contribution is -2.42. The lowest BCUT2D eigenvalue weighted by atomic mass is 10.0. The molecule has 27 heavy (non-hydrogen) atoms. The van der Waals surface area contributed by atoms with Crippen LogP contribution < -0.4 is 10.6 Å². The molecule has 0 spiro atoms. The van der Waals surface area contributed by atoms with E-state index < -0.39 is 0 Å². The standard InChI is InChI=1S/C20H32N6.HI/c1-5-21-20(25-16(4)9-6-8-15(2)3)22-13-17-10-7-11-18(12-17)19-23-14-24-26-19;/h7,10-12,14-16H,5-6,8-9,13H2,1-4H3,(H2,21,22,25)(H,23,24,26);1H. The van der Waals surface area contributed by atoms with E-state index in [1.807, 2.05) is 12.1 Å². The van der Waals surface area contributed by atoms with Crippen LogP contribution in [-0.4, -0.2) is 33.7 Å². The van der Waals surface area contributed by atoms with E-state index in [1.165, 1.54) is 19.2 Å². The van der Waals surface area contributed by atoms with Gasteiger partial charge in [0.15, 0.2) is 11.8 Å². The summed E-state index contributed by atoms with van der Waals surface area (Å²) in [5.74, 6) is 2.41. The van der Waals surface area contributed by atoms with Gasteiger partial charge >= 0.3 is 0 Å². The summed E-state index contributed by atoms with van der Waals surface area (Å²) < 4.78 is 0. The maximum Gasteiger partial charge on any atom is 0.191 e. The molecule has 0 aliphatic heterocycles. The SMILES string of the molecule is CCNC(=NCc1cccc(-c2ncn[nH]2)c1)NC(C)CCCC(C)C.I. The van der Waals surface area contributed by atoms with E-state index in [0.29, 0.717) is 12.6 Å². The smallest absolute Gasteiger partial charge is 0.191 e. The van der Waals surface area contributed by atoms with E-state index in [9.17, 15) is 0 Å². The summed E-state index contributed by atoms with van der Waals surface area (Å²) in [6.45, 7) is 10.3. The van der Waals surface area contributed by atoms with Gasteiger partial charge in [-0.1, -0.05) is 44.9 Å². The fraction of sp³-hybridized carbons (Fsp3) is 0.550. The van der Waals surface area contributed by atoms with E-state index in [4.69, 9.17) is 4.99 Å².